The quantitative estimate of drug-likeness (QED) is 0.743. The highest BCUT2D eigenvalue weighted by molar-refractivity contribution is 7.92. The Kier molecular flexibility index (Phi) is 4.51. The molecule has 1 aromatic rings. The van der Waals surface area contributed by atoms with Crippen molar-refractivity contribution in [1.82, 2.24) is 4.72 Å². The van der Waals surface area contributed by atoms with Crippen LogP contribution in [0.15, 0.2) is 41.5 Å². The van der Waals surface area contributed by atoms with E-state index in [0.717, 1.165) is 0 Å². The lowest BCUT2D eigenvalue weighted by Crippen LogP contribution is -2.36. The minimum Gasteiger partial charge on any atom is -0.534 e. The predicted octanol–water partition coefficient (Wildman–Crippen LogP) is 0.186. The van der Waals surface area contributed by atoms with Crippen molar-refractivity contribution in [2.45, 2.75) is 36.8 Å². The van der Waals surface area contributed by atoms with Crippen LogP contribution in [0.4, 0.5) is 0 Å². The molecule has 0 radical (unpaired) electrons. The summed E-state index contributed by atoms with van der Waals surface area (Å²) in [6, 6.07) is 5.53. The van der Waals surface area contributed by atoms with E-state index in [4.69, 9.17) is 9.31 Å². The first kappa shape index (κ1) is 18.4. The summed E-state index contributed by atoms with van der Waals surface area (Å²) in [7, 11) is -7.57. The van der Waals surface area contributed by atoms with E-state index in [1.54, 1.807) is 12.1 Å². The summed E-state index contributed by atoms with van der Waals surface area (Å²) in [4.78, 5) is 0.0663. The second-order valence-corrected chi connectivity index (χ2v) is 10.7. The van der Waals surface area contributed by atoms with E-state index in [-0.39, 0.29) is 16.4 Å². The monoisotopic (exact) mass is 385 g/mol. The van der Waals surface area contributed by atoms with E-state index >= 15 is 0 Å². The van der Waals surface area contributed by atoms with Crippen molar-refractivity contribution < 1.29 is 26.1 Å². The molecular weight excluding hydrogens is 365 g/mol. The van der Waals surface area contributed by atoms with Gasteiger partial charge in [0.15, 0.2) is 9.84 Å². The van der Waals surface area contributed by atoms with Crippen LogP contribution in [0.25, 0.3) is 0 Å². The summed E-state index contributed by atoms with van der Waals surface area (Å²) < 4.78 is 61.5. The van der Waals surface area contributed by atoms with E-state index in [1.165, 1.54) is 12.1 Å². The van der Waals surface area contributed by atoms with E-state index < -0.39 is 38.6 Å². The van der Waals surface area contributed by atoms with Gasteiger partial charge in [0, 0.05) is 6.04 Å². The maximum absolute atomic E-state index is 12.4. The Hall–Kier alpha value is -1.36. The number of rotatable bonds is 4. The average Bonchev–Trinajstić information content (AvgIpc) is 2.97. The number of nitrogens with one attached hydrogen (secondary N) is 1. The summed E-state index contributed by atoms with van der Waals surface area (Å²) in [5.41, 5.74) is 0.0689. The Bertz CT molecular complexity index is 892. The van der Waals surface area contributed by atoms with Crippen molar-refractivity contribution in [2.75, 3.05) is 11.5 Å². The first-order chi connectivity index (χ1) is 11.5. The van der Waals surface area contributed by atoms with Gasteiger partial charge in [-0.15, -0.1) is 0 Å². The Morgan fingerprint density at radius 1 is 1.28 bits per heavy atom. The number of hydrogen-bond acceptors (Lipinski definition) is 6. The molecule has 2 saturated heterocycles. The summed E-state index contributed by atoms with van der Waals surface area (Å²) >= 11 is 0. The van der Waals surface area contributed by atoms with E-state index in [9.17, 15) is 16.8 Å². The predicted molar refractivity (Wildman–Crippen MR) is 94.6 cm³/mol. The molecule has 0 amide bonds. The van der Waals surface area contributed by atoms with Crippen LogP contribution in [0.1, 0.15) is 20.3 Å². The minimum absolute atomic E-state index is 0.00908. The van der Waals surface area contributed by atoms with Crippen molar-refractivity contribution in [3.05, 3.63) is 36.6 Å². The van der Waals surface area contributed by atoms with Gasteiger partial charge < -0.3 is 9.31 Å². The van der Waals surface area contributed by atoms with Gasteiger partial charge in [0.05, 0.1) is 22.2 Å². The van der Waals surface area contributed by atoms with Crippen LogP contribution in [-0.2, 0) is 29.2 Å². The lowest BCUT2D eigenvalue weighted by atomic mass is 9.79. The van der Waals surface area contributed by atoms with E-state index in [1.807, 2.05) is 13.8 Å². The fourth-order valence-corrected chi connectivity index (χ4v) is 5.79. The van der Waals surface area contributed by atoms with Gasteiger partial charge >= 0.3 is 7.12 Å². The number of sulfonamides is 1. The highest BCUT2D eigenvalue weighted by Gasteiger charge is 2.42. The summed E-state index contributed by atoms with van der Waals surface area (Å²) in [6.45, 7) is 7.49. The van der Waals surface area contributed by atoms with Gasteiger partial charge in [-0.05, 0) is 37.9 Å². The van der Waals surface area contributed by atoms with Gasteiger partial charge in [-0.3, -0.25) is 0 Å². The van der Waals surface area contributed by atoms with Crippen LogP contribution in [0.3, 0.4) is 0 Å². The maximum Gasteiger partial charge on any atom is 0.563 e. The van der Waals surface area contributed by atoms with Gasteiger partial charge in [-0.2, -0.15) is 0 Å². The molecule has 2 fully saturated rings. The summed E-state index contributed by atoms with van der Waals surface area (Å²) in [6.07, 6.45) is 0.292. The molecule has 0 aliphatic carbocycles. The van der Waals surface area contributed by atoms with Crippen LogP contribution in [0.2, 0.25) is 0 Å². The molecule has 2 aliphatic heterocycles. The average molecular weight is 385 g/mol. The van der Waals surface area contributed by atoms with Crippen molar-refractivity contribution in [2.24, 2.45) is 0 Å². The second kappa shape index (κ2) is 6.12. The standard InChI is InChI=1S/C15H20BNO6S2/c1-11-15(2,3)23-16(22-11)12-4-6-14(7-5-12)25(20,21)17-13-8-9-24(18,19)10-13/h4-7,13,17H,1,8-10H2,2-3H3. The van der Waals surface area contributed by atoms with Crippen molar-refractivity contribution >= 4 is 32.4 Å². The van der Waals surface area contributed by atoms with Gasteiger partial charge in [0.2, 0.25) is 10.0 Å². The van der Waals surface area contributed by atoms with Crippen LogP contribution >= 0.6 is 0 Å². The van der Waals surface area contributed by atoms with E-state index in [2.05, 4.69) is 11.3 Å². The molecule has 1 N–H and O–H groups in total. The van der Waals surface area contributed by atoms with Crippen LogP contribution < -0.4 is 10.2 Å². The fraction of sp³-hybridized carbons (Fsp3) is 0.467. The molecule has 136 valence electrons. The molecule has 10 heteroatoms. The first-order valence-electron chi connectivity index (χ1n) is 7.85. The zero-order chi connectivity index (χ0) is 18.5. The Labute approximate surface area is 148 Å². The lowest BCUT2D eigenvalue weighted by Gasteiger charge is -2.15. The molecule has 0 spiro atoms. The maximum atomic E-state index is 12.4. The zero-order valence-corrected chi connectivity index (χ0v) is 15.7. The van der Waals surface area contributed by atoms with Crippen LogP contribution in [0, 0.1) is 0 Å². The molecule has 7 nitrogen and oxygen atoms in total. The van der Waals surface area contributed by atoms with Gasteiger partial charge in [0.25, 0.3) is 0 Å². The first-order valence-corrected chi connectivity index (χ1v) is 11.2. The molecule has 1 atom stereocenters. The van der Waals surface area contributed by atoms with E-state index in [0.29, 0.717) is 17.6 Å². The van der Waals surface area contributed by atoms with Gasteiger partial charge in [0.1, 0.15) is 5.60 Å². The summed E-state index contributed by atoms with van der Waals surface area (Å²) in [5.74, 6) is 0.360. The molecule has 0 bridgehead atoms. The molecule has 25 heavy (non-hydrogen) atoms. The molecule has 2 aliphatic rings. The minimum atomic E-state index is -3.78. The molecule has 2 heterocycles. The van der Waals surface area contributed by atoms with Crippen molar-refractivity contribution in [3.8, 4) is 0 Å². The number of hydrogen-bond donors (Lipinski definition) is 1. The lowest BCUT2D eigenvalue weighted by molar-refractivity contribution is 0.173. The van der Waals surface area contributed by atoms with Crippen molar-refractivity contribution in [3.63, 3.8) is 0 Å². The molecule has 3 rings (SSSR count). The fourth-order valence-electron chi connectivity index (χ4n) is 2.74. The molecule has 0 saturated carbocycles. The van der Waals surface area contributed by atoms with Crippen molar-refractivity contribution in [1.29, 1.82) is 0 Å². The third-order valence-electron chi connectivity index (χ3n) is 4.34. The molecule has 0 aromatic heterocycles. The number of benzene rings is 1. The Morgan fingerprint density at radius 2 is 1.92 bits per heavy atom. The normalized spacial score (nSPS) is 25.1. The van der Waals surface area contributed by atoms with Crippen LogP contribution in [-0.4, -0.2) is 47.1 Å². The Balaban J connectivity index is 1.73. The highest BCUT2D eigenvalue weighted by Crippen LogP contribution is 2.29. The topological polar surface area (TPSA) is 98.8 Å². The smallest absolute Gasteiger partial charge is 0.534 e. The second-order valence-electron chi connectivity index (χ2n) is 6.79. The zero-order valence-electron chi connectivity index (χ0n) is 14.1. The Morgan fingerprint density at radius 3 is 2.40 bits per heavy atom. The molecule has 1 unspecified atom stereocenters. The van der Waals surface area contributed by atoms with Gasteiger partial charge in [-0.1, -0.05) is 18.7 Å². The molecular formula is C15H20BNO6S2. The van der Waals surface area contributed by atoms with Crippen LogP contribution in [0.5, 0.6) is 0 Å². The number of sulfone groups is 1. The largest absolute Gasteiger partial charge is 0.563 e. The third-order valence-corrected chi connectivity index (χ3v) is 7.64. The SMILES string of the molecule is C=C1OB(c2ccc(S(=O)(=O)NC3CCS(=O)(=O)C3)cc2)OC1(C)C. The molecule has 1 aromatic carbocycles. The highest BCUT2D eigenvalue weighted by atomic mass is 32.2. The summed E-state index contributed by atoms with van der Waals surface area (Å²) in [5, 5.41) is 0. The van der Waals surface area contributed by atoms with Gasteiger partial charge in [-0.25, -0.2) is 21.6 Å². The third kappa shape index (κ3) is 3.92.